The zero-order valence-electron chi connectivity index (χ0n) is 23.3. The van der Waals surface area contributed by atoms with E-state index < -0.39 is 23.5 Å². The van der Waals surface area contributed by atoms with Gasteiger partial charge in [0, 0.05) is 32.7 Å². The lowest BCUT2D eigenvalue weighted by molar-refractivity contribution is -0.137. The van der Waals surface area contributed by atoms with Gasteiger partial charge in [0.1, 0.15) is 0 Å². The van der Waals surface area contributed by atoms with Crippen LogP contribution in [0.4, 0.5) is 26.3 Å². The Hall–Kier alpha value is -5.64. The third-order valence-electron chi connectivity index (χ3n) is 8.67. The molecule has 0 saturated carbocycles. The predicted octanol–water partition coefficient (Wildman–Crippen LogP) is 10.4. The van der Waals surface area contributed by atoms with Crippen LogP contribution in [0, 0.1) is 0 Å². The number of nitrogens with zero attached hydrogens (tertiary/aromatic N) is 4. The van der Waals surface area contributed by atoms with Crippen molar-refractivity contribution in [2.24, 2.45) is 0 Å². The quantitative estimate of drug-likeness (QED) is 0.110. The number of hydrogen-bond donors (Lipinski definition) is 0. The molecule has 0 N–H and O–H groups in total. The topological polar surface area (TPSA) is 51.6 Å². The van der Waals surface area contributed by atoms with Crippen molar-refractivity contribution in [3.05, 3.63) is 108 Å². The molecule has 0 fully saturated rings. The van der Waals surface area contributed by atoms with Crippen molar-refractivity contribution in [2.75, 3.05) is 0 Å². The van der Waals surface area contributed by atoms with Crippen molar-refractivity contribution in [3.8, 4) is 22.8 Å². The first kappa shape index (κ1) is 26.7. The van der Waals surface area contributed by atoms with Gasteiger partial charge in [-0.15, -0.1) is 0 Å². The second-order valence-electron chi connectivity index (χ2n) is 11.2. The summed E-state index contributed by atoms with van der Waals surface area (Å²) in [5, 5.41) is 6.74. The Kier molecular flexibility index (Phi) is 5.21. The summed E-state index contributed by atoms with van der Waals surface area (Å²) in [5.74, 6) is -0.0267. The first-order valence-corrected chi connectivity index (χ1v) is 14.2. The van der Waals surface area contributed by atoms with Gasteiger partial charge >= 0.3 is 12.4 Å². The van der Waals surface area contributed by atoms with Gasteiger partial charge in [0.2, 0.25) is 0 Å². The largest absolute Gasteiger partial charge is 0.417 e. The Morgan fingerprint density at radius 3 is 0.957 bits per heavy atom. The number of benzene rings is 7. The van der Waals surface area contributed by atoms with E-state index in [1.165, 1.54) is 36.4 Å². The van der Waals surface area contributed by atoms with E-state index >= 15 is 0 Å². The van der Waals surface area contributed by atoms with Gasteiger partial charge in [0.25, 0.3) is 0 Å². The molecule has 2 aromatic heterocycles. The summed E-state index contributed by atoms with van der Waals surface area (Å²) >= 11 is 0. The number of halogens is 6. The highest BCUT2D eigenvalue weighted by atomic mass is 19.4. The van der Waals surface area contributed by atoms with Gasteiger partial charge in [-0.1, -0.05) is 60.7 Å². The minimum absolute atomic E-state index is 0.0133. The van der Waals surface area contributed by atoms with E-state index in [0.29, 0.717) is 22.1 Å². The molecule has 222 valence electrons. The average Bonchev–Trinajstić information content (AvgIpc) is 3.05. The molecule has 9 aromatic rings. The molecular weight excluding hydrogens is 602 g/mol. The Bertz CT molecular complexity index is 2380. The minimum Gasteiger partial charge on any atom is -0.228 e. The first-order chi connectivity index (χ1) is 22.1. The lowest BCUT2D eigenvalue weighted by Gasteiger charge is -2.18. The van der Waals surface area contributed by atoms with Crippen LogP contribution < -0.4 is 0 Å². The summed E-state index contributed by atoms with van der Waals surface area (Å²) in [5.41, 5.74) is 0.244. The summed E-state index contributed by atoms with van der Waals surface area (Å²) in [6.07, 6.45) is -9.14. The molecule has 0 atom stereocenters. The van der Waals surface area contributed by atoms with Crippen LogP contribution in [0.5, 0.6) is 0 Å². The molecule has 9 rings (SSSR count). The van der Waals surface area contributed by atoms with Crippen LogP contribution in [-0.2, 0) is 12.4 Å². The van der Waals surface area contributed by atoms with E-state index in [2.05, 4.69) is 19.9 Å². The van der Waals surface area contributed by atoms with Crippen molar-refractivity contribution in [2.45, 2.75) is 12.4 Å². The van der Waals surface area contributed by atoms with E-state index in [0.717, 1.165) is 55.2 Å². The van der Waals surface area contributed by atoms with Crippen molar-refractivity contribution in [1.82, 2.24) is 19.9 Å². The molecule has 0 aliphatic carbocycles. The van der Waals surface area contributed by atoms with E-state index in [1.54, 1.807) is 24.3 Å². The van der Waals surface area contributed by atoms with Gasteiger partial charge in [0.15, 0.2) is 11.6 Å². The number of aromatic nitrogens is 4. The molecule has 10 heteroatoms. The predicted molar refractivity (Wildman–Crippen MR) is 166 cm³/mol. The normalized spacial score (nSPS) is 13.0. The zero-order chi connectivity index (χ0) is 31.5. The number of rotatable bonds is 2. The van der Waals surface area contributed by atoms with Gasteiger partial charge in [-0.2, -0.15) is 26.3 Å². The lowest BCUT2D eigenvalue weighted by Crippen LogP contribution is -2.08. The zero-order valence-corrected chi connectivity index (χ0v) is 23.3. The standard InChI is InChI=1S/C36H16F6N4/c37-35(38,39)23-7-3-1-5-21(23)33-43-25-13-9-17-19-11-15-27-32-28(46-34(45-27)22-6-2-4-8-24(22)36(40,41)42)16-12-20(30(19)32)18-10-14-26(44-33)31(25)29(17)18/h1-16H. The van der Waals surface area contributed by atoms with E-state index in [1.807, 2.05) is 24.3 Å². The van der Waals surface area contributed by atoms with Gasteiger partial charge in [-0.3, -0.25) is 0 Å². The molecule has 2 heterocycles. The molecule has 4 nitrogen and oxygen atoms in total. The maximum atomic E-state index is 13.8. The molecule has 0 unspecified atom stereocenters. The maximum Gasteiger partial charge on any atom is 0.417 e. The molecule has 0 bridgehead atoms. The van der Waals surface area contributed by atoms with Gasteiger partial charge in [-0.05, 0) is 57.9 Å². The molecule has 7 aromatic carbocycles. The summed E-state index contributed by atoms with van der Waals surface area (Å²) < 4.78 is 83.0. The first-order valence-electron chi connectivity index (χ1n) is 14.2. The van der Waals surface area contributed by atoms with Crippen molar-refractivity contribution in [3.63, 3.8) is 0 Å². The number of alkyl halides is 6. The Labute approximate surface area is 254 Å². The van der Waals surface area contributed by atoms with Gasteiger partial charge in [0.05, 0.1) is 33.2 Å². The van der Waals surface area contributed by atoms with E-state index in [9.17, 15) is 26.3 Å². The Balaban J connectivity index is 1.31. The third-order valence-corrected chi connectivity index (χ3v) is 8.67. The van der Waals surface area contributed by atoms with Crippen molar-refractivity contribution < 1.29 is 26.3 Å². The van der Waals surface area contributed by atoms with Crippen LogP contribution in [0.3, 0.4) is 0 Å². The van der Waals surface area contributed by atoms with Crippen LogP contribution in [0.25, 0.3) is 87.9 Å². The summed E-state index contributed by atoms with van der Waals surface area (Å²) in [7, 11) is 0. The average molecular weight is 619 g/mol. The fourth-order valence-corrected chi connectivity index (χ4v) is 6.79. The summed E-state index contributed by atoms with van der Waals surface area (Å²) in [6, 6.07) is 25.2. The Morgan fingerprint density at radius 1 is 0.348 bits per heavy atom. The van der Waals surface area contributed by atoms with E-state index in [4.69, 9.17) is 0 Å². The molecule has 0 radical (unpaired) electrons. The Morgan fingerprint density at radius 2 is 0.652 bits per heavy atom. The molecular formula is C36H16F6N4. The van der Waals surface area contributed by atoms with Gasteiger partial charge in [-0.25, -0.2) is 19.9 Å². The maximum absolute atomic E-state index is 13.8. The highest BCUT2D eigenvalue weighted by Crippen LogP contribution is 2.46. The van der Waals surface area contributed by atoms with Gasteiger partial charge < -0.3 is 0 Å². The smallest absolute Gasteiger partial charge is 0.228 e. The van der Waals surface area contributed by atoms with Crippen molar-refractivity contribution >= 4 is 65.2 Å². The molecule has 0 spiro atoms. The fourth-order valence-electron chi connectivity index (χ4n) is 6.79. The third kappa shape index (κ3) is 3.70. The van der Waals surface area contributed by atoms with Crippen LogP contribution in [0.15, 0.2) is 97.1 Å². The molecule has 0 aliphatic rings. The number of fused-ring (bicyclic) bond motifs is 2. The molecule has 0 saturated heterocycles. The summed E-state index contributed by atoms with van der Waals surface area (Å²) in [6.45, 7) is 0. The second kappa shape index (κ2) is 8.97. The van der Waals surface area contributed by atoms with Crippen LogP contribution in [0.2, 0.25) is 0 Å². The van der Waals surface area contributed by atoms with Crippen molar-refractivity contribution in [1.29, 1.82) is 0 Å². The van der Waals surface area contributed by atoms with Crippen LogP contribution in [0.1, 0.15) is 11.1 Å². The van der Waals surface area contributed by atoms with E-state index in [-0.39, 0.29) is 22.8 Å². The summed E-state index contributed by atoms with van der Waals surface area (Å²) in [4.78, 5) is 18.4. The SMILES string of the molecule is FC(F)(F)c1ccccc1-c1nc2ccc3c4ccc5nc(-c6ccccc6C(F)(F)F)nc6ccc(c7ccc(n1)c2c37)c4c56. The minimum atomic E-state index is -4.57. The monoisotopic (exact) mass is 618 g/mol. The lowest BCUT2D eigenvalue weighted by atomic mass is 9.88. The molecule has 0 aliphatic heterocycles. The molecule has 0 amide bonds. The number of hydrogen-bond acceptors (Lipinski definition) is 4. The highest BCUT2D eigenvalue weighted by molar-refractivity contribution is 6.38. The van der Waals surface area contributed by atoms with Crippen LogP contribution in [-0.4, -0.2) is 19.9 Å². The fraction of sp³-hybridized carbons (Fsp3) is 0.0556. The molecule has 46 heavy (non-hydrogen) atoms. The van der Waals surface area contributed by atoms with Crippen LogP contribution >= 0.6 is 0 Å². The highest BCUT2D eigenvalue weighted by Gasteiger charge is 2.35. The second-order valence-corrected chi connectivity index (χ2v) is 11.2.